The molecule has 1 aromatic heterocycles. The van der Waals surface area contributed by atoms with Crippen LogP contribution in [0, 0.1) is 0 Å². The second-order valence-corrected chi connectivity index (χ2v) is 6.67. The average Bonchev–Trinajstić information content (AvgIpc) is 2.75. The third kappa shape index (κ3) is 3.95. The van der Waals surface area contributed by atoms with Crippen LogP contribution in [0.1, 0.15) is 0 Å². The highest BCUT2D eigenvalue weighted by molar-refractivity contribution is 5.75. The number of aromatic nitrogens is 2. The first kappa shape index (κ1) is 17.5. The monoisotopic (exact) mass is 369 g/mol. The number of phenols is 1. The van der Waals surface area contributed by atoms with Gasteiger partial charge in [-0.05, 0) is 24.3 Å². The SMILES string of the molecule is O=C(N1CCOCC1)N1CCN(c2cncc(-c3ccc(O)cc3)n2)CC1. The van der Waals surface area contributed by atoms with E-state index in [-0.39, 0.29) is 11.8 Å². The molecule has 2 fully saturated rings. The number of benzene rings is 1. The first-order valence-electron chi connectivity index (χ1n) is 9.19. The van der Waals surface area contributed by atoms with Crippen molar-refractivity contribution in [1.82, 2.24) is 19.8 Å². The predicted octanol–water partition coefficient (Wildman–Crippen LogP) is 1.42. The molecule has 2 aliphatic rings. The molecular weight excluding hydrogens is 346 g/mol. The fraction of sp³-hybridized carbons (Fsp3) is 0.421. The molecule has 142 valence electrons. The highest BCUT2D eigenvalue weighted by Crippen LogP contribution is 2.22. The molecule has 8 heteroatoms. The standard InChI is InChI=1S/C19H23N5O3/c25-16-3-1-15(2-4-16)17-13-20-14-18(21-17)22-5-7-23(8-6-22)19(26)24-9-11-27-12-10-24/h1-4,13-14,25H,5-12H2. The number of morpholine rings is 1. The zero-order valence-electron chi connectivity index (χ0n) is 15.1. The number of hydrogen-bond acceptors (Lipinski definition) is 6. The van der Waals surface area contributed by atoms with Crippen LogP contribution >= 0.6 is 0 Å². The highest BCUT2D eigenvalue weighted by atomic mass is 16.5. The molecule has 3 heterocycles. The number of aromatic hydroxyl groups is 1. The van der Waals surface area contributed by atoms with E-state index in [4.69, 9.17) is 9.72 Å². The summed E-state index contributed by atoms with van der Waals surface area (Å²) in [5.74, 6) is 1.03. The van der Waals surface area contributed by atoms with E-state index in [1.165, 1.54) is 0 Å². The van der Waals surface area contributed by atoms with Crippen molar-refractivity contribution in [1.29, 1.82) is 0 Å². The molecule has 2 aromatic rings. The Labute approximate surface area is 158 Å². The summed E-state index contributed by atoms with van der Waals surface area (Å²) in [4.78, 5) is 27.5. The quantitative estimate of drug-likeness (QED) is 0.862. The van der Waals surface area contributed by atoms with E-state index in [0.29, 0.717) is 39.4 Å². The Bertz CT molecular complexity index is 784. The minimum atomic E-state index is 0.0990. The van der Waals surface area contributed by atoms with Crippen molar-refractivity contribution in [3.8, 4) is 17.0 Å². The number of rotatable bonds is 2. The molecule has 0 saturated carbocycles. The molecule has 0 bridgehead atoms. The van der Waals surface area contributed by atoms with E-state index in [1.807, 2.05) is 21.9 Å². The first-order valence-corrected chi connectivity index (χ1v) is 9.19. The maximum atomic E-state index is 12.6. The highest BCUT2D eigenvalue weighted by Gasteiger charge is 2.27. The van der Waals surface area contributed by atoms with Crippen molar-refractivity contribution in [3.63, 3.8) is 0 Å². The van der Waals surface area contributed by atoms with Gasteiger partial charge in [-0.2, -0.15) is 0 Å². The summed E-state index contributed by atoms with van der Waals surface area (Å²) in [6, 6.07) is 7.02. The lowest BCUT2D eigenvalue weighted by Gasteiger charge is -2.38. The minimum Gasteiger partial charge on any atom is -0.508 e. The normalized spacial score (nSPS) is 17.9. The molecule has 1 aromatic carbocycles. The van der Waals surface area contributed by atoms with Gasteiger partial charge in [0.25, 0.3) is 0 Å². The van der Waals surface area contributed by atoms with Gasteiger partial charge in [0.15, 0.2) is 0 Å². The number of ether oxygens (including phenoxy) is 1. The van der Waals surface area contributed by atoms with E-state index >= 15 is 0 Å². The number of nitrogens with zero attached hydrogens (tertiary/aromatic N) is 5. The molecule has 0 spiro atoms. The van der Waals surface area contributed by atoms with Gasteiger partial charge < -0.3 is 24.5 Å². The number of piperazine rings is 1. The number of phenolic OH excluding ortho intramolecular Hbond substituents is 1. The average molecular weight is 369 g/mol. The Morgan fingerprint density at radius 3 is 2.30 bits per heavy atom. The predicted molar refractivity (Wildman–Crippen MR) is 101 cm³/mol. The Morgan fingerprint density at radius 2 is 1.59 bits per heavy atom. The number of hydrogen-bond donors (Lipinski definition) is 1. The van der Waals surface area contributed by atoms with Crippen LogP contribution in [0.2, 0.25) is 0 Å². The van der Waals surface area contributed by atoms with Crippen molar-refractivity contribution in [2.45, 2.75) is 0 Å². The van der Waals surface area contributed by atoms with Crippen LogP contribution in [-0.2, 0) is 4.74 Å². The molecule has 27 heavy (non-hydrogen) atoms. The second-order valence-electron chi connectivity index (χ2n) is 6.67. The van der Waals surface area contributed by atoms with Gasteiger partial charge in [-0.25, -0.2) is 9.78 Å². The van der Waals surface area contributed by atoms with Gasteiger partial charge in [0.05, 0.1) is 31.3 Å². The van der Waals surface area contributed by atoms with Gasteiger partial charge in [0, 0.05) is 44.8 Å². The lowest BCUT2D eigenvalue weighted by molar-refractivity contribution is 0.0428. The molecule has 0 unspecified atom stereocenters. The summed E-state index contributed by atoms with van der Waals surface area (Å²) < 4.78 is 5.32. The van der Waals surface area contributed by atoms with Gasteiger partial charge >= 0.3 is 6.03 Å². The Morgan fingerprint density at radius 1 is 0.926 bits per heavy atom. The number of carbonyl (C=O) groups excluding carboxylic acids is 1. The Kier molecular flexibility index (Phi) is 5.06. The van der Waals surface area contributed by atoms with Crippen molar-refractivity contribution in [2.75, 3.05) is 57.4 Å². The zero-order valence-corrected chi connectivity index (χ0v) is 15.1. The van der Waals surface area contributed by atoms with E-state index in [2.05, 4.69) is 9.88 Å². The van der Waals surface area contributed by atoms with Crippen LogP contribution in [-0.4, -0.2) is 83.4 Å². The first-order chi connectivity index (χ1) is 13.2. The maximum absolute atomic E-state index is 12.6. The van der Waals surface area contributed by atoms with Gasteiger partial charge in [-0.15, -0.1) is 0 Å². The van der Waals surface area contributed by atoms with Crippen LogP contribution < -0.4 is 4.90 Å². The van der Waals surface area contributed by atoms with E-state index < -0.39 is 0 Å². The zero-order chi connectivity index (χ0) is 18.6. The van der Waals surface area contributed by atoms with Crippen LogP contribution in [0.4, 0.5) is 10.6 Å². The number of amides is 2. The Hall–Kier alpha value is -2.87. The molecule has 1 N–H and O–H groups in total. The summed E-state index contributed by atoms with van der Waals surface area (Å²) in [5, 5.41) is 9.44. The lowest BCUT2D eigenvalue weighted by Crippen LogP contribution is -2.55. The molecule has 2 aliphatic heterocycles. The largest absolute Gasteiger partial charge is 0.508 e. The smallest absolute Gasteiger partial charge is 0.320 e. The number of carbonyl (C=O) groups is 1. The molecule has 2 saturated heterocycles. The van der Waals surface area contributed by atoms with Crippen LogP contribution in [0.5, 0.6) is 5.75 Å². The third-order valence-corrected chi connectivity index (χ3v) is 4.94. The topological polar surface area (TPSA) is 82.0 Å². The van der Waals surface area contributed by atoms with E-state index in [0.717, 1.165) is 30.2 Å². The van der Waals surface area contributed by atoms with Gasteiger partial charge in [0.1, 0.15) is 11.6 Å². The van der Waals surface area contributed by atoms with Crippen LogP contribution in [0.15, 0.2) is 36.7 Å². The molecule has 4 rings (SSSR count). The minimum absolute atomic E-state index is 0.0990. The summed E-state index contributed by atoms with van der Waals surface area (Å²) in [6.07, 6.45) is 3.47. The van der Waals surface area contributed by atoms with Gasteiger partial charge in [-0.3, -0.25) is 4.98 Å². The van der Waals surface area contributed by atoms with Crippen molar-refractivity contribution in [3.05, 3.63) is 36.7 Å². The fourth-order valence-electron chi connectivity index (χ4n) is 3.36. The molecule has 8 nitrogen and oxygen atoms in total. The van der Waals surface area contributed by atoms with Crippen LogP contribution in [0.3, 0.4) is 0 Å². The summed E-state index contributed by atoms with van der Waals surface area (Å²) in [7, 11) is 0. The van der Waals surface area contributed by atoms with Crippen molar-refractivity contribution in [2.24, 2.45) is 0 Å². The van der Waals surface area contributed by atoms with E-state index in [1.54, 1.807) is 24.5 Å². The fourth-order valence-corrected chi connectivity index (χ4v) is 3.36. The molecule has 2 amide bonds. The van der Waals surface area contributed by atoms with Crippen molar-refractivity contribution >= 4 is 11.8 Å². The van der Waals surface area contributed by atoms with Crippen LogP contribution in [0.25, 0.3) is 11.3 Å². The third-order valence-electron chi connectivity index (χ3n) is 4.94. The summed E-state index contributed by atoms with van der Waals surface area (Å²) in [6.45, 7) is 5.35. The molecule has 0 aliphatic carbocycles. The summed E-state index contributed by atoms with van der Waals surface area (Å²) in [5.41, 5.74) is 1.67. The van der Waals surface area contributed by atoms with Gasteiger partial charge in [-0.1, -0.05) is 0 Å². The van der Waals surface area contributed by atoms with Gasteiger partial charge in [0.2, 0.25) is 0 Å². The number of anilines is 1. The Balaban J connectivity index is 1.40. The van der Waals surface area contributed by atoms with E-state index in [9.17, 15) is 9.90 Å². The maximum Gasteiger partial charge on any atom is 0.320 e. The number of urea groups is 1. The molecule has 0 radical (unpaired) electrons. The molecule has 0 atom stereocenters. The summed E-state index contributed by atoms with van der Waals surface area (Å²) >= 11 is 0. The second kappa shape index (κ2) is 7.79. The van der Waals surface area contributed by atoms with Crippen molar-refractivity contribution < 1.29 is 14.6 Å². The molecular formula is C19H23N5O3. The lowest BCUT2D eigenvalue weighted by atomic mass is 10.1.